The number of aryl methyl sites for hydroxylation is 1. The first-order valence-electron chi connectivity index (χ1n) is 31.1. The van der Waals surface area contributed by atoms with Gasteiger partial charge in [0.25, 0.3) is 0 Å². The van der Waals surface area contributed by atoms with E-state index in [0.29, 0.717) is 51.1 Å². The third kappa shape index (κ3) is 15.0. The lowest BCUT2D eigenvalue weighted by molar-refractivity contribution is -0.301. The maximum Gasteiger partial charge on any atom is 0.185 e. The van der Waals surface area contributed by atoms with Crippen LogP contribution >= 0.6 is 0 Å². The van der Waals surface area contributed by atoms with Crippen LogP contribution in [0.5, 0.6) is 0 Å². The van der Waals surface area contributed by atoms with E-state index in [0.717, 1.165) is 62.1 Å². The summed E-state index contributed by atoms with van der Waals surface area (Å²) in [5.74, 6) is -0.585. The number of anilines is 1. The van der Waals surface area contributed by atoms with Crippen LogP contribution in [-0.2, 0) is 52.7 Å². The summed E-state index contributed by atoms with van der Waals surface area (Å²) < 4.78 is 49.0. The second-order valence-corrected chi connectivity index (χ2v) is 26.4. The van der Waals surface area contributed by atoms with E-state index in [1.54, 1.807) is 7.11 Å². The first-order valence-corrected chi connectivity index (χ1v) is 31.1. The predicted octanol–water partition coefficient (Wildman–Crippen LogP) is 8.63. The summed E-state index contributed by atoms with van der Waals surface area (Å²) in [5, 5.41) is 58.1. The van der Waals surface area contributed by atoms with Crippen molar-refractivity contribution in [3.05, 3.63) is 77.7 Å². The lowest BCUT2D eigenvalue weighted by atomic mass is 9.71. The zero-order valence-electron chi connectivity index (χ0n) is 52.2. The van der Waals surface area contributed by atoms with Gasteiger partial charge in [0.2, 0.25) is 0 Å². The fourth-order valence-electron chi connectivity index (χ4n) is 14.2. The Bertz CT molecular complexity index is 2500. The minimum Gasteiger partial charge on any atom is -0.492 e. The van der Waals surface area contributed by atoms with Crippen molar-refractivity contribution in [3.63, 3.8) is 0 Å². The average Bonchev–Trinajstić information content (AvgIpc) is 4.17. The number of benzene rings is 2. The monoisotopic (exact) mass is 1140 g/mol. The number of ether oxygens (including phenoxy) is 7. The highest BCUT2D eigenvalue weighted by Crippen LogP contribution is 2.44. The molecule has 2 bridgehead atoms. The predicted molar refractivity (Wildman–Crippen MR) is 319 cm³/mol. The molecule has 5 aliphatic rings. The number of para-hydroxylation sites is 1. The van der Waals surface area contributed by atoms with E-state index >= 15 is 0 Å². The smallest absolute Gasteiger partial charge is 0.185 e. The van der Waals surface area contributed by atoms with E-state index in [1.807, 2.05) is 66.5 Å². The number of aliphatic hydroxyl groups excluding tert-OH is 3. The molecule has 0 amide bonds. The van der Waals surface area contributed by atoms with Crippen molar-refractivity contribution in [2.75, 3.05) is 59.0 Å². The number of likely N-dealkylation sites (N-methyl/N-ethyl adjacent to an activating group) is 2. The molecule has 0 aliphatic carbocycles. The summed E-state index contributed by atoms with van der Waals surface area (Å²) in [6.45, 7) is 26.9. The van der Waals surface area contributed by atoms with Gasteiger partial charge in [0.05, 0.1) is 54.7 Å². The van der Waals surface area contributed by atoms with Crippen LogP contribution in [0.2, 0.25) is 0 Å². The fourth-order valence-corrected chi connectivity index (χ4v) is 14.2. The highest BCUT2D eigenvalue weighted by Gasteiger charge is 2.52. The van der Waals surface area contributed by atoms with Gasteiger partial charge in [0.15, 0.2) is 12.6 Å². The van der Waals surface area contributed by atoms with Crippen molar-refractivity contribution < 1.29 is 53.6 Å². The molecule has 17 heteroatoms. The minimum absolute atomic E-state index is 0.0280. The van der Waals surface area contributed by atoms with Crippen LogP contribution in [-0.4, -0.2) is 183 Å². The molecule has 17 nitrogen and oxygen atoms in total. The maximum atomic E-state index is 13.1. The van der Waals surface area contributed by atoms with E-state index in [9.17, 15) is 20.4 Å². The molecule has 19 atom stereocenters. The zero-order valence-corrected chi connectivity index (χ0v) is 52.2. The van der Waals surface area contributed by atoms with E-state index in [1.165, 1.54) is 11.3 Å². The number of methoxy groups -OCH3 is 1. The molecule has 0 radical (unpaired) electrons. The number of hydrogen-bond donors (Lipinski definition) is 4. The van der Waals surface area contributed by atoms with E-state index in [-0.39, 0.29) is 43.1 Å². The topological polar surface area (TPSA) is 186 Å². The van der Waals surface area contributed by atoms with Gasteiger partial charge in [-0.15, -0.1) is 5.10 Å². The Morgan fingerprint density at radius 3 is 2.34 bits per heavy atom. The van der Waals surface area contributed by atoms with Crippen molar-refractivity contribution in [3.8, 4) is 11.3 Å². The Hall–Kier alpha value is -3.56. The molecule has 8 rings (SSSR count). The van der Waals surface area contributed by atoms with Crippen LogP contribution in [0.4, 0.5) is 5.69 Å². The van der Waals surface area contributed by atoms with E-state index < -0.39 is 83.8 Å². The van der Waals surface area contributed by atoms with Gasteiger partial charge in [-0.05, 0) is 148 Å². The molecule has 3 saturated heterocycles. The molecule has 460 valence electrons. The van der Waals surface area contributed by atoms with Gasteiger partial charge in [-0.25, -0.2) is 0 Å². The summed E-state index contributed by atoms with van der Waals surface area (Å²) in [6.07, 6.45) is 4.62. The molecule has 6 heterocycles. The molecule has 0 saturated carbocycles. The molecule has 82 heavy (non-hydrogen) atoms. The summed E-state index contributed by atoms with van der Waals surface area (Å²) in [7, 11) is 5.66. The lowest BCUT2D eigenvalue weighted by Gasteiger charge is -2.48. The Morgan fingerprint density at radius 2 is 1.61 bits per heavy atom. The Labute approximate surface area is 490 Å². The molecule has 5 aliphatic heterocycles. The standard InChI is InChI=1S/C65H104N6O11/c1-15-56-65(11)60(73)46(7)68(12)36-42(3)34-63(9,75)51(44(5)59(45(6)55(81-56)28-23-41(2)39-78-65)82-57-35-64(10,76-14)61(74)47(8)80-57)40-77-62-58(72)54(33-43(4)79-62)69(13)37-48-24-26-49(27-25-48)52-38-71(67-66-52)31-20-16-19-30-70-32-29-50-21-17-18-22-53(50)70/h17-18,21-22,24-28,38,41-47,51,54,56-62,72-75H,15-16,19-20,23,29-37,39-40H2,1-14H3/b55-28+/t41?,42-,43-,44-,45+,46-,47+,51-,54+,56-,57+,58-,59+,60-,61+,62-,63-,64-,65-/m1/s1. The first-order chi connectivity index (χ1) is 38.9. The Balaban J connectivity index is 0.982. The number of rotatable bonds is 17. The summed E-state index contributed by atoms with van der Waals surface area (Å²) >= 11 is 0. The van der Waals surface area contributed by atoms with Crippen LogP contribution < -0.4 is 4.90 Å². The quantitative estimate of drug-likeness (QED) is 0.0941. The fraction of sp³-hybridized carbons (Fsp3) is 0.754. The SMILES string of the molecule is CC[C@H]1O/C2=C/CC(C)CO[C@@]1(C)[C@H](O)[C@@H](C)N(C)C[C@H](C)C[C@@](C)(O)[C@H](CO[C@@H]1O[C@H](C)C[C@H](N(C)Cc3ccc(-c4cn(CCCCCN5CCc6ccccc65)nn4)cc3)[C@H]1O)[C@@H](C)[C@H](O[C@H]1C[C@@](C)(OC)[C@@H](O)[C@H](C)O1)[C@H]2C. The average molecular weight is 1150 g/mol. The van der Waals surface area contributed by atoms with Crippen molar-refractivity contribution in [2.45, 2.75) is 231 Å². The number of hydrogen-bond acceptors (Lipinski definition) is 16. The first kappa shape index (κ1) is 64.4. The number of nitrogens with zero attached hydrogens (tertiary/aromatic N) is 6. The molecular weight excluding hydrogens is 1040 g/mol. The second-order valence-electron chi connectivity index (χ2n) is 26.4. The summed E-state index contributed by atoms with van der Waals surface area (Å²) in [4.78, 5) is 6.86. The van der Waals surface area contributed by atoms with Crippen molar-refractivity contribution >= 4 is 5.69 Å². The minimum atomic E-state index is -1.33. The molecule has 2 aromatic carbocycles. The highest BCUT2D eigenvalue weighted by molar-refractivity contribution is 5.58. The normalized spacial score (nSPS) is 38.9. The largest absolute Gasteiger partial charge is 0.492 e. The molecule has 0 spiro atoms. The van der Waals surface area contributed by atoms with Crippen LogP contribution in [0.3, 0.4) is 0 Å². The molecule has 3 aromatic rings. The van der Waals surface area contributed by atoms with Crippen LogP contribution in [0.1, 0.15) is 139 Å². The van der Waals surface area contributed by atoms with Gasteiger partial charge < -0.3 is 63.4 Å². The summed E-state index contributed by atoms with van der Waals surface area (Å²) in [5.41, 5.74) is 2.45. The van der Waals surface area contributed by atoms with Crippen LogP contribution in [0, 0.1) is 29.6 Å². The number of unbranched alkanes of at least 4 members (excludes halogenated alkanes) is 2. The molecule has 4 N–H and O–H groups in total. The van der Waals surface area contributed by atoms with Gasteiger partial charge in [0.1, 0.15) is 35.7 Å². The Morgan fingerprint density at radius 1 is 0.878 bits per heavy atom. The molecule has 1 aromatic heterocycles. The van der Waals surface area contributed by atoms with E-state index in [2.05, 4.69) is 114 Å². The van der Waals surface area contributed by atoms with Crippen LogP contribution in [0.15, 0.2) is 66.6 Å². The lowest BCUT2D eigenvalue weighted by Crippen LogP contribution is -2.60. The van der Waals surface area contributed by atoms with Crippen molar-refractivity contribution in [2.24, 2.45) is 29.6 Å². The summed E-state index contributed by atoms with van der Waals surface area (Å²) in [6, 6.07) is 16.6. The molecule has 3 fully saturated rings. The van der Waals surface area contributed by atoms with E-state index in [4.69, 9.17) is 33.2 Å². The molecular formula is C65H104N6O11. The number of aromatic nitrogens is 3. The number of fused-ring (bicyclic) bond motifs is 4. The van der Waals surface area contributed by atoms with Crippen LogP contribution in [0.25, 0.3) is 11.3 Å². The van der Waals surface area contributed by atoms with Crippen molar-refractivity contribution in [1.29, 1.82) is 0 Å². The third-order valence-corrected chi connectivity index (χ3v) is 19.6. The number of aliphatic hydroxyl groups is 4. The van der Waals surface area contributed by atoms with Gasteiger partial charge in [-0.3, -0.25) is 9.58 Å². The third-order valence-electron chi connectivity index (χ3n) is 19.6. The van der Waals surface area contributed by atoms with Gasteiger partial charge in [-0.2, -0.15) is 0 Å². The maximum absolute atomic E-state index is 13.1. The van der Waals surface area contributed by atoms with Gasteiger partial charge in [-0.1, -0.05) is 82.3 Å². The highest BCUT2D eigenvalue weighted by atomic mass is 16.7. The van der Waals surface area contributed by atoms with Crippen molar-refractivity contribution in [1.82, 2.24) is 24.8 Å². The second kappa shape index (κ2) is 27.9. The molecule has 1 unspecified atom stereocenters. The van der Waals surface area contributed by atoms with Gasteiger partial charge >= 0.3 is 0 Å². The Kier molecular flexibility index (Phi) is 21.9. The number of allylic oxidation sites excluding steroid dienone is 1. The zero-order chi connectivity index (χ0) is 59.3. The van der Waals surface area contributed by atoms with Gasteiger partial charge in [0, 0.05) is 81.4 Å².